The van der Waals surface area contributed by atoms with Gasteiger partial charge in [0, 0.05) is 5.41 Å². The van der Waals surface area contributed by atoms with E-state index < -0.39 is 0 Å². The molecule has 6 nitrogen and oxygen atoms in total. The number of aryl methyl sites for hydroxylation is 1. The molecular weight excluding hydrogens is 264 g/mol. The molecule has 0 aromatic carbocycles. The molecule has 1 unspecified atom stereocenters. The third-order valence-electron chi connectivity index (χ3n) is 2.46. The molecule has 2 aromatic rings. The van der Waals surface area contributed by atoms with E-state index in [0.717, 1.165) is 0 Å². The maximum Gasteiger partial charge on any atom is 0.239 e. The number of aromatic nitrogens is 4. The molecule has 7 heteroatoms. The zero-order valence-electron chi connectivity index (χ0n) is 11.8. The maximum absolute atomic E-state index is 5.63. The van der Waals surface area contributed by atoms with Gasteiger partial charge >= 0.3 is 0 Å². The summed E-state index contributed by atoms with van der Waals surface area (Å²) in [7, 11) is 0. The molecule has 0 saturated heterocycles. The second kappa shape index (κ2) is 5.32. The Kier molecular flexibility index (Phi) is 3.93. The fraction of sp³-hybridized carbons (Fsp3) is 0.667. The van der Waals surface area contributed by atoms with E-state index in [1.54, 1.807) is 18.7 Å². The van der Waals surface area contributed by atoms with Crippen LogP contribution in [-0.2, 0) is 11.2 Å². The molecule has 2 heterocycles. The molecule has 0 aliphatic rings. The molecule has 0 bridgehead atoms. The lowest BCUT2D eigenvalue weighted by molar-refractivity contribution is 0.374. The first-order chi connectivity index (χ1) is 8.86. The Morgan fingerprint density at radius 1 is 1.26 bits per heavy atom. The van der Waals surface area contributed by atoms with Crippen molar-refractivity contribution in [2.45, 2.75) is 51.0 Å². The van der Waals surface area contributed by atoms with E-state index in [9.17, 15) is 0 Å². The van der Waals surface area contributed by atoms with Crippen molar-refractivity contribution in [2.75, 3.05) is 0 Å². The molecule has 0 radical (unpaired) electrons. The zero-order valence-corrected chi connectivity index (χ0v) is 12.6. The summed E-state index contributed by atoms with van der Waals surface area (Å²) in [5.74, 6) is 3.18. The van der Waals surface area contributed by atoms with Crippen LogP contribution in [0.25, 0.3) is 0 Å². The highest BCUT2D eigenvalue weighted by Gasteiger charge is 2.22. The average Bonchev–Trinajstić information content (AvgIpc) is 2.93. The van der Waals surface area contributed by atoms with Crippen molar-refractivity contribution in [3.63, 3.8) is 0 Å². The summed E-state index contributed by atoms with van der Waals surface area (Å²) in [6, 6.07) is 0. The molecule has 19 heavy (non-hydrogen) atoms. The summed E-state index contributed by atoms with van der Waals surface area (Å²) in [4.78, 5) is 4.20. The Balaban J connectivity index is 1.94. The predicted octanol–water partition coefficient (Wildman–Crippen LogP) is 3.05. The lowest BCUT2D eigenvalue weighted by atomic mass is 9.97. The lowest BCUT2D eigenvalue weighted by Crippen LogP contribution is -2.11. The van der Waals surface area contributed by atoms with Crippen LogP contribution >= 0.6 is 11.8 Å². The summed E-state index contributed by atoms with van der Waals surface area (Å²) in [5, 5.41) is 12.0. The highest BCUT2D eigenvalue weighted by atomic mass is 32.2. The standard InChI is InChI=1S/C12H18N4O2S/c1-7(10-13-8(2)16-18-10)19-6-9-14-15-11(17-9)12(3,4)5/h7H,6H2,1-5H3. The monoisotopic (exact) mass is 282 g/mol. The lowest BCUT2D eigenvalue weighted by Gasteiger charge is -2.11. The first kappa shape index (κ1) is 14.0. The van der Waals surface area contributed by atoms with Gasteiger partial charge in [0.25, 0.3) is 0 Å². The van der Waals surface area contributed by atoms with Crippen LogP contribution in [0.4, 0.5) is 0 Å². The zero-order chi connectivity index (χ0) is 14.0. The van der Waals surface area contributed by atoms with E-state index >= 15 is 0 Å². The van der Waals surface area contributed by atoms with E-state index in [1.807, 2.05) is 27.7 Å². The second-order valence-corrected chi connectivity index (χ2v) is 6.71. The molecule has 0 aliphatic carbocycles. The van der Waals surface area contributed by atoms with Crippen molar-refractivity contribution in [1.29, 1.82) is 0 Å². The molecular formula is C12H18N4O2S. The van der Waals surface area contributed by atoms with Gasteiger partial charge in [0.2, 0.25) is 17.7 Å². The fourth-order valence-corrected chi connectivity index (χ4v) is 2.11. The molecule has 0 amide bonds. The van der Waals surface area contributed by atoms with Gasteiger partial charge in [-0.3, -0.25) is 0 Å². The minimum atomic E-state index is -0.120. The molecule has 2 rings (SSSR count). The van der Waals surface area contributed by atoms with Crippen LogP contribution in [0.15, 0.2) is 8.94 Å². The first-order valence-electron chi connectivity index (χ1n) is 6.11. The largest absolute Gasteiger partial charge is 0.424 e. The normalized spacial score (nSPS) is 13.7. The number of thioether (sulfide) groups is 1. The third kappa shape index (κ3) is 3.56. The van der Waals surface area contributed by atoms with E-state index in [-0.39, 0.29) is 10.7 Å². The van der Waals surface area contributed by atoms with E-state index in [1.165, 1.54) is 0 Å². The highest BCUT2D eigenvalue weighted by Crippen LogP contribution is 2.30. The van der Waals surface area contributed by atoms with Gasteiger partial charge in [-0.15, -0.1) is 22.0 Å². The Bertz CT molecular complexity index is 544. The van der Waals surface area contributed by atoms with E-state index in [0.29, 0.717) is 29.2 Å². The van der Waals surface area contributed by atoms with Crippen LogP contribution in [-0.4, -0.2) is 20.3 Å². The van der Waals surface area contributed by atoms with Gasteiger partial charge in [-0.2, -0.15) is 4.98 Å². The summed E-state index contributed by atoms with van der Waals surface area (Å²) in [6.07, 6.45) is 0. The van der Waals surface area contributed by atoms with Crippen molar-refractivity contribution < 1.29 is 8.94 Å². The van der Waals surface area contributed by atoms with E-state index in [2.05, 4.69) is 20.3 Å². The quantitative estimate of drug-likeness (QED) is 0.852. The molecule has 0 aliphatic heterocycles. The molecule has 2 aromatic heterocycles. The number of hydrogen-bond donors (Lipinski definition) is 0. The fourth-order valence-electron chi connectivity index (χ4n) is 1.36. The average molecular weight is 282 g/mol. The summed E-state index contributed by atoms with van der Waals surface area (Å²) < 4.78 is 10.8. The minimum absolute atomic E-state index is 0.103. The van der Waals surface area contributed by atoms with Crippen molar-refractivity contribution >= 4 is 11.8 Å². The first-order valence-corrected chi connectivity index (χ1v) is 7.16. The van der Waals surface area contributed by atoms with Crippen LogP contribution in [0.2, 0.25) is 0 Å². The molecule has 0 spiro atoms. The van der Waals surface area contributed by atoms with Crippen molar-refractivity contribution in [3.05, 3.63) is 23.5 Å². The van der Waals surface area contributed by atoms with Crippen molar-refractivity contribution in [1.82, 2.24) is 20.3 Å². The van der Waals surface area contributed by atoms with Crippen LogP contribution in [0.1, 0.15) is 56.4 Å². The SMILES string of the molecule is Cc1noc(C(C)SCc2nnc(C(C)(C)C)o2)n1. The van der Waals surface area contributed by atoms with Crippen LogP contribution in [0.5, 0.6) is 0 Å². The van der Waals surface area contributed by atoms with Crippen LogP contribution < -0.4 is 0 Å². The van der Waals surface area contributed by atoms with Crippen LogP contribution in [0.3, 0.4) is 0 Å². The summed E-state index contributed by atoms with van der Waals surface area (Å²) in [6.45, 7) is 9.94. The predicted molar refractivity (Wildman–Crippen MR) is 71.7 cm³/mol. The Morgan fingerprint density at radius 2 is 2.00 bits per heavy atom. The highest BCUT2D eigenvalue weighted by molar-refractivity contribution is 7.98. The van der Waals surface area contributed by atoms with Gasteiger partial charge in [0.05, 0.1) is 11.0 Å². The summed E-state index contributed by atoms with van der Waals surface area (Å²) >= 11 is 1.63. The number of hydrogen-bond acceptors (Lipinski definition) is 7. The summed E-state index contributed by atoms with van der Waals surface area (Å²) in [5.41, 5.74) is -0.120. The topological polar surface area (TPSA) is 77.8 Å². The molecule has 0 fully saturated rings. The number of nitrogens with zero attached hydrogens (tertiary/aromatic N) is 4. The second-order valence-electron chi connectivity index (χ2n) is 5.38. The van der Waals surface area contributed by atoms with Gasteiger partial charge in [0.15, 0.2) is 5.82 Å². The van der Waals surface area contributed by atoms with Gasteiger partial charge in [0.1, 0.15) is 0 Å². The van der Waals surface area contributed by atoms with Gasteiger partial charge < -0.3 is 8.94 Å². The van der Waals surface area contributed by atoms with Crippen molar-refractivity contribution in [2.24, 2.45) is 0 Å². The Labute approximate surface area is 116 Å². The van der Waals surface area contributed by atoms with E-state index in [4.69, 9.17) is 8.94 Å². The van der Waals surface area contributed by atoms with Gasteiger partial charge in [-0.1, -0.05) is 25.9 Å². The van der Waals surface area contributed by atoms with Crippen molar-refractivity contribution in [3.8, 4) is 0 Å². The number of rotatable bonds is 4. The third-order valence-corrected chi connectivity index (χ3v) is 3.57. The molecule has 0 N–H and O–H groups in total. The van der Waals surface area contributed by atoms with Crippen LogP contribution in [0, 0.1) is 6.92 Å². The smallest absolute Gasteiger partial charge is 0.239 e. The maximum atomic E-state index is 5.63. The Morgan fingerprint density at radius 3 is 2.53 bits per heavy atom. The minimum Gasteiger partial charge on any atom is -0.424 e. The Hall–Kier alpha value is -1.37. The van der Waals surface area contributed by atoms with Gasteiger partial charge in [-0.25, -0.2) is 0 Å². The molecule has 1 atom stereocenters. The van der Waals surface area contributed by atoms with Gasteiger partial charge in [-0.05, 0) is 13.8 Å². The molecule has 0 saturated carbocycles. The molecule has 104 valence electrons.